The summed E-state index contributed by atoms with van der Waals surface area (Å²) in [5.41, 5.74) is 2.21. The molecule has 3 heteroatoms. The number of hydrogen-bond acceptors (Lipinski definition) is 2. The summed E-state index contributed by atoms with van der Waals surface area (Å²) >= 11 is 0. The van der Waals surface area contributed by atoms with Crippen molar-refractivity contribution < 1.29 is 4.79 Å². The Bertz CT molecular complexity index is 284. The van der Waals surface area contributed by atoms with E-state index in [1.54, 1.807) is 12.4 Å². The molecule has 0 aromatic carbocycles. The topological polar surface area (TPSA) is 42.0 Å². The molecule has 0 spiro atoms. The first kappa shape index (κ1) is 8.71. The average molecular weight is 164 g/mol. The monoisotopic (exact) mass is 164 g/mol. The van der Waals surface area contributed by atoms with Crippen LogP contribution in [0, 0.1) is 6.92 Å². The Morgan fingerprint density at radius 2 is 2.42 bits per heavy atom. The molecule has 0 atom stereocenters. The van der Waals surface area contributed by atoms with Crippen LogP contribution < -0.4 is 5.32 Å². The molecule has 0 aliphatic rings. The number of pyridine rings is 1. The fourth-order valence-electron chi connectivity index (χ4n) is 0.901. The third-order valence-electron chi connectivity index (χ3n) is 1.68. The summed E-state index contributed by atoms with van der Waals surface area (Å²) in [7, 11) is 0. The van der Waals surface area contributed by atoms with Crippen molar-refractivity contribution in [2.24, 2.45) is 0 Å². The molecule has 12 heavy (non-hydrogen) atoms. The summed E-state index contributed by atoms with van der Waals surface area (Å²) in [5.74, 6) is -0.0155. The van der Waals surface area contributed by atoms with Crippen LogP contribution in [0.5, 0.6) is 0 Å². The van der Waals surface area contributed by atoms with E-state index < -0.39 is 0 Å². The Morgan fingerprint density at radius 3 is 3.00 bits per heavy atom. The molecule has 1 rings (SSSR count). The molecule has 0 aliphatic heterocycles. The van der Waals surface area contributed by atoms with Crippen molar-refractivity contribution in [3.8, 4) is 0 Å². The third-order valence-corrected chi connectivity index (χ3v) is 1.68. The lowest BCUT2D eigenvalue weighted by Crippen LogP contribution is -2.19. The van der Waals surface area contributed by atoms with E-state index in [9.17, 15) is 4.79 Å². The maximum absolute atomic E-state index is 10.6. The van der Waals surface area contributed by atoms with Gasteiger partial charge in [0.25, 0.3) is 0 Å². The minimum Gasteiger partial charge on any atom is -0.352 e. The number of nitrogens with zero attached hydrogens (tertiary/aromatic N) is 1. The normalized spacial score (nSPS) is 9.50. The summed E-state index contributed by atoms with van der Waals surface area (Å²) < 4.78 is 0. The molecule has 0 saturated heterocycles. The van der Waals surface area contributed by atoms with Gasteiger partial charge in [-0.15, -0.1) is 0 Å². The van der Waals surface area contributed by atoms with Gasteiger partial charge in [0.1, 0.15) is 0 Å². The van der Waals surface area contributed by atoms with Crippen molar-refractivity contribution in [1.29, 1.82) is 0 Å². The van der Waals surface area contributed by atoms with Crippen LogP contribution in [-0.4, -0.2) is 10.9 Å². The summed E-state index contributed by atoms with van der Waals surface area (Å²) in [6.45, 7) is 4.07. The Balaban J connectivity index is 2.63. The highest BCUT2D eigenvalue weighted by molar-refractivity contribution is 5.72. The van der Waals surface area contributed by atoms with Gasteiger partial charge in [0.15, 0.2) is 0 Å². The zero-order chi connectivity index (χ0) is 8.97. The lowest BCUT2D eigenvalue weighted by Gasteiger charge is -2.04. The molecule has 0 aliphatic carbocycles. The predicted octanol–water partition coefficient (Wildman–Crippen LogP) is 1.03. The molecule has 3 nitrogen and oxygen atoms in total. The molecule has 64 valence electrons. The van der Waals surface area contributed by atoms with Gasteiger partial charge in [-0.1, -0.05) is 0 Å². The summed E-state index contributed by atoms with van der Waals surface area (Å²) in [6, 6.07) is 1.93. The van der Waals surface area contributed by atoms with Crippen LogP contribution >= 0.6 is 0 Å². The second-order valence-corrected chi connectivity index (χ2v) is 2.71. The van der Waals surface area contributed by atoms with E-state index in [1.807, 2.05) is 13.0 Å². The van der Waals surface area contributed by atoms with Crippen LogP contribution in [0.25, 0.3) is 0 Å². The molecule has 0 unspecified atom stereocenters. The molecule has 1 aromatic heterocycles. The SMILES string of the molecule is CC(=O)NCc1cnccc1C. The molecular weight excluding hydrogens is 152 g/mol. The first-order valence-electron chi connectivity index (χ1n) is 3.84. The van der Waals surface area contributed by atoms with Crippen molar-refractivity contribution in [3.05, 3.63) is 29.6 Å². The van der Waals surface area contributed by atoms with E-state index in [2.05, 4.69) is 10.3 Å². The van der Waals surface area contributed by atoms with Gasteiger partial charge in [-0.2, -0.15) is 0 Å². The standard InChI is InChI=1S/C9H12N2O/c1-7-3-4-10-5-9(7)6-11-8(2)12/h3-5H,6H2,1-2H3,(H,11,12). The summed E-state index contributed by atoms with van der Waals surface area (Å²) in [6.07, 6.45) is 3.51. The lowest BCUT2D eigenvalue weighted by molar-refractivity contribution is -0.119. The van der Waals surface area contributed by atoms with Gasteiger partial charge >= 0.3 is 0 Å². The smallest absolute Gasteiger partial charge is 0.217 e. The number of rotatable bonds is 2. The van der Waals surface area contributed by atoms with Gasteiger partial charge in [-0.3, -0.25) is 9.78 Å². The molecule has 1 aromatic rings. The van der Waals surface area contributed by atoms with Crippen molar-refractivity contribution >= 4 is 5.91 Å². The minimum atomic E-state index is -0.0155. The van der Waals surface area contributed by atoms with E-state index in [-0.39, 0.29) is 5.91 Å². The Kier molecular flexibility index (Phi) is 2.80. The highest BCUT2D eigenvalue weighted by atomic mass is 16.1. The molecule has 1 N–H and O–H groups in total. The average Bonchev–Trinajstić information content (AvgIpc) is 2.03. The van der Waals surface area contributed by atoms with Gasteiger partial charge in [0, 0.05) is 25.9 Å². The minimum absolute atomic E-state index is 0.0155. The Hall–Kier alpha value is -1.38. The lowest BCUT2D eigenvalue weighted by atomic mass is 10.2. The second kappa shape index (κ2) is 3.85. The summed E-state index contributed by atoms with van der Waals surface area (Å²) in [4.78, 5) is 14.6. The Labute approximate surface area is 71.8 Å². The van der Waals surface area contributed by atoms with E-state index in [1.165, 1.54) is 6.92 Å². The van der Waals surface area contributed by atoms with Crippen LogP contribution in [0.1, 0.15) is 18.1 Å². The van der Waals surface area contributed by atoms with Crippen LogP contribution in [0.4, 0.5) is 0 Å². The quantitative estimate of drug-likeness (QED) is 0.709. The van der Waals surface area contributed by atoms with Gasteiger partial charge in [-0.05, 0) is 24.1 Å². The largest absolute Gasteiger partial charge is 0.352 e. The zero-order valence-corrected chi connectivity index (χ0v) is 7.29. The maximum atomic E-state index is 10.6. The van der Waals surface area contributed by atoms with Crippen molar-refractivity contribution in [3.63, 3.8) is 0 Å². The van der Waals surface area contributed by atoms with Crippen LogP contribution in [0.2, 0.25) is 0 Å². The molecule has 0 radical (unpaired) electrons. The van der Waals surface area contributed by atoms with Gasteiger partial charge in [0.2, 0.25) is 5.91 Å². The highest BCUT2D eigenvalue weighted by Crippen LogP contribution is 2.03. The van der Waals surface area contributed by atoms with Crippen LogP contribution in [0.15, 0.2) is 18.5 Å². The van der Waals surface area contributed by atoms with E-state index in [0.717, 1.165) is 11.1 Å². The van der Waals surface area contributed by atoms with Gasteiger partial charge in [-0.25, -0.2) is 0 Å². The first-order valence-corrected chi connectivity index (χ1v) is 3.84. The third kappa shape index (κ3) is 2.34. The van der Waals surface area contributed by atoms with E-state index in [4.69, 9.17) is 0 Å². The number of carbonyl (C=O) groups excluding carboxylic acids is 1. The second-order valence-electron chi connectivity index (χ2n) is 2.71. The number of nitrogens with one attached hydrogen (secondary N) is 1. The number of aromatic nitrogens is 1. The molecule has 0 fully saturated rings. The molecule has 1 heterocycles. The number of hydrogen-bond donors (Lipinski definition) is 1. The van der Waals surface area contributed by atoms with Gasteiger partial charge < -0.3 is 5.32 Å². The maximum Gasteiger partial charge on any atom is 0.217 e. The fourth-order valence-corrected chi connectivity index (χ4v) is 0.901. The fraction of sp³-hybridized carbons (Fsp3) is 0.333. The molecule has 0 bridgehead atoms. The van der Waals surface area contributed by atoms with Crippen molar-refractivity contribution in [2.45, 2.75) is 20.4 Å². The number of aryl methyl sites for hydroxylation is 1. The van der Waals surface area contributed by atoms with E-state index in [0.29, 0.717) is 6.54 Å². The first-order chi connectivity index (χ1) is 5.70. The number of carbonyl (C=O) groups is 1. The highest BCUT2D eigenvalue weighted by Gasteiger charge is 1.97. The molecular formula is C9H12N2O. The molecule has 0 saturated carbocycles. The van der Waals surface area contributed by atoms with E-state index >= 15 is 0 Å². The Morgan fingerprint density at radius 1 is 1.67 bits per heavy atom. The van der Waals surface area contributed by atoms with Crippen LogP contribution in [0.3, 0.4) is 0 Å². The van der Waals surface area contributed by atoms with Crippen LogP contribution in [-0.2, 0) is 11.3 Å². The van der Waals surface area contributed by atoms with Crippen molar-refractivity contribution in [2.75, 3.05) is 0 Å². The predicted molar refractivity (Wildman–Crippen MR) is 46.5 cm³/mol. The number of amides is 1. The van der Waals surface area contributed by atoms with Gasteiger partial charge in [0.05, 0.1) is 0 Å². The zero-order valence-electron chi connectivity index (χ0n) is 7.29. The van der Waals surface area contributed by atoms with Crippen molar-refractivity contribution in [1.82, 2.24) is 10.3 Å². The molecule has 1 amide bonds. The summed E-state index contributed by atoms with van der Waals surface area (Å²) in [5, 5.41) is 2.72.